The highest BCUT2D eigenvalue weighted by Gasteiger charge is 2.22. The number of likely N-dealkylation sites (tertiary alicyclic amines) is 1. The van der Waals surface area contributed by atoms with E-state index in [1.807, 2.05) is 0 Å². The Kier molecular flexibility index (Phi) is 5.17. The molecule has 1 aliphatic heterocycles. The second-order valence-corrected chi connectivity index (χ2v) is 5.76. The van der Waals surface area contributed by atoms with Crippen LogP contribution in [-0.4, -0.2) is 44.2 Å². The van der Waals surface area contributed by atoms with Gasteiger partial charge in [0.05, 0.1) is 12.7 Å². The Bertz CT molecular complexity index is 499. The van der Waals surface area contributed by atoms with Crippen molar-refractivity contribution >= 4 is 11.7 Å². The summed E-state index contributed by atoms with van der Waals surface area (Å²) in [5, 5.41) is 3.38. The Morgan fingerprint density at radius 2 is 2.10 bits per heavy atom. The zero-order valence-electron chi connectivity index (χ0n) is 12.9. The summed E-state index contributed by atoms with van der Waals surface area (Å²) in [6, 6.07) is 4.77. The minimum atomic E-state index is -0.650. The predicted octanol–water partition coefficient (Wildman–Crippen LogP) is 2.75. The fraction of sp³-hybridized carbons (Fsp3) is 0.562. The number of hydrogen-bond acceptors (Lipinski definition) is 4. The van der Waals surface area contributed by atoms with E-state index in [1.165, 1.54) is 19.2 Å². The highest BCUT2D eigenvalue weighted by molar-refractivity contribution is 5.90. The number of rotatable bonds is 4. The summed E-state index contributed by atoms with van der Waals surface area (Å²) in [6.07, 6.45) is 2.30. The molecule has 1 saturated heterocycles. The van der Waals surface area contributed by atoms with Gasteiger partial charge in [0.2, 0.25) is 0 Å². The van der Waals surface area contributed by atoms with Crippen LogP contribution in [0.3, 0.4) is 0 Å². The van der Waals surface area contributed by atoms with Crippen LogP contribution in [0.25, 0.3) is 0 Å². The molecular formula is C16H23FN2O2. The van der Waals surface area contributed by atoms with Crippen LogP contribution in [0.1, 0.15) is 30.1 Å². The number of carbonyl (C=O) groups excluding carboxylic acids is 1. The topological polar surface area (TPSA) is 41.6 Å². The van der Waals surface area contributed by atoms with Crippen molar-refractivity contribution in [2.45, 2.75) is 25.8 Å². The van der Waals surface area contributed by atoms with Gasteiger partial charge in [-0.3, -0.25) is 0 Å². The monoisotopic (exact) mass is 294 g/mol. The van der Waals surface area contributed by atoms with Gasteiger partial charge in [-0.15, -0.1) is 0 Å². The van der Waals surface area contributed by atoms with E-state index < -0.39 is 11.8 Å². The predicted molar refractivity (Wildman–Crippen MR) is 81.0 cm³/mol. The first-order chi connectivity index (χ1) is 10.0. The first-order valence-corrected chi connectivity index (χ1v) is 7.34. The van der Waals surface area contributed by atoms with Crippen molar-refractivity contribution in [3.05, 3.63) is 29.6 Å². The number of carbonyl (C=O) groups is 1. The Morgan fingerprint density at radius 3 is 2.71 bits per heavy atom. The van der Waals surface area contributed by atoms with E-state index in [4.69, 9.17) is 0 Å². The molecule has 116 valence electrons. The number of hydrogen-bond donors (Lipinski definition) is 1. The number of ether oxygens (including phenoxy) is 1. The molecular weight excluding hydrogens is 271 g/mol. The number of benzene rings is 1. The number of esters is 1. The minimum absolute atomic E-state index is 0.0296. The summed E-state index contributed by atoms with van der Waals surface area (Å²) < 4.78 is 18.2. The molecule has 1 aliphatic rings. The quantitative estimate of drug-likeness (QED) is 0.867. The lowest BCUT2D eigenvalue weighted by atomic mass is 9.90. The SMILES string of the molecule is COC(=O)c1cc(NC(C)C2CCN(C)CC2)ccc1F. The molecule has 1 aromatic carbocycles. The van der Waals surface area contributed by atoms with Gasteiger partial charge < -0.3 is 15.0 Å². The van der Waals surface area contributed by atoms with Gasteiger partial charge in [0.25, 0.3) is 0 Å². The van der Waals surface area contributed by atoms with Crippen molar-refractivity contribution in [3.63, 3.8) is 0 Å². The van der Waals surface area contributed by atoms with Crippen LogP contribution in [0.4, 0.5) is 10.1 Å². The number of nitrogens with one attached hydrogen (secondary N) is 1. The van der Waals surface area contributed by atoms with E-state index in [9.17, 15) is 9.18 Å². The van der Waals surface area contributed by atoms with Crippen LogP contribution >= 0.6 is 0 Å². The molecule has 2 rings (SSSR count). The molecule has 1 atom stereocenters. The third kappa shape index (κ3) is 3.94. The molecule has 1 fully saturated rings. The molecule has 0 amide bonds. The molecule has 4 nitrogen and oxygen atoms in total. The Hall–Kier alpha value is -1.62. The second-order valence-electron chi connectivity index (χ2n) is 5.76. The lowest BCUT2D eigenvalue weighted by molar-refractivity contribution is 0.0595. The lowest BCUT2D eigenvalue weighted by Crippen LogP contribution is -2.37. The molecule has 5 heteroatoms. The van der Waals surface area contributed by atoms with Gasteiger partial charge in [-0.05, 0) is 64.0 Å². The summed E-state index contributed by atoms with van der Waals surface area (Å²) in [5.74, 6) is -0.615. The minimum Gasteiger partial charge on any atom is -0.465 e. The Labute approximate surface area is 125 Å². The van der Waals surface area contributed by atoms with E-state index >= 15 is 0 Å². The lowest BCUT2D eigenvalue weighted by Gasteiger charge is -2.33. The third-order valence-corrected chi connectivity index (χ3v) is 4.24. The molecule has 1 heterocycles. The summed E-state index contributed by atoms with van der Waals surface area (Å²) in [5.41, 5.74) is 0.723. The highest BCUT2D eigenvalue weighted by Crippen LogP contribution is 2.23. The fourth-order valence-corrected chi connectivity index (χ4v) is 2.79. The molecule has 0 saturated carbocycles. The molecule has 21 heavy (non-hydrogen) atoms. The van der Waals surface area contributed by atoms with Crippen molar-refractivity contribution in [3.8, 4) is 0 Å². The number of nitrogens with zero attached hydrogens (tertiary/aromatic N) is 1. The molecule has 0 aliphatic carbocycles. The Morgan fingerprint density at radius 1 is 1.43 bits per heavy atom. The summed E-state index contributed by atoms with van der Waals surface area (Å²) in [4.78, 5) is 13.8. The van der Waals surface area contributed by atoms with Crippen molar-refractivity contribution in [2.75, 3.05) is 32.6 Å². The van der Waals surface area contributed by atoms with Gasteiger partial charge in [-0.25, -0.2) is 9.18 Å². The Balaban J connectivity index is 2.04. The zero-order chi connectivity index (χ0) is 15.4. The molecule has 0 radical (unpaired) electrons. The van der Waals surface area contributed by atoms with Gasteiger partial charge in [-0.1, -0.05) is 0 Å². The number of halogens is 1. The van der Waals surface area contributed by atoms with Crippen LogP contribution in [0.5, 0.6) is 0 Å². The van der Waals surface area contributed by atoms with E-state index in [0.717, 1.165) is 31.6 Å². The number of piperidine rings is 1. The van der Waals surface area contributed by atoms with Gasteiger partial charge in [0, 0.05) is 11.7 Å². The third-order valence-electron chi connectivity index (χ3n) is 4.24. The number of methoxy groups -OCH3 is 1. The van der Waals surface area contributed by atoms with Crippen LogP contribution in [-0.2, 0) is 4.74 Å². The standard InChI is InChI=1S/C16H23FN2O2/c1-11(12-6-8-19(2)9-7-12)18-13-4-5-15(17)14(10-13)16(20)21-3/h4-5,10-12,18H,6-9H2,1-3H3. The maximum absolute atomic E-state index is 13.6. The molecule has 1 N–H and O–H groups in total. The van der Waals surface area contributed by atoms with E-state index in [1.54, 1.807) is 6.07 Å². The van der Waals surface area contributed by atoms with E-state index in [2.05, 4.69) is 28.9 Å². The first kappa shape index (κ1) is 15.8. The van der Waals surface area contributed by atoms with Crippen molar-refractivity contribution in [2.24, 2.45) is 5.92 Å². The largest absolute Gasteiger partial charge is 0.465 e. The highest BCUT2D eigenvalue weighted by atomic mass is 19.1. The molecule has 0 bridgehead atoms. The van der Waals surface area contributed by atoms with Crippen LogP contribution in [0.2, 0.25) is 0 Å². The number of anilines is 1. The van der Waals surface area contributed by atoms with E-state index in [-0.39, 0.29) is 11.6 Å². The normalized spacial score (nSPS) is 18.3. The molecule has 1 aromatic rings. The van der Waals surface area contributed by atoms with Crippen molar-refractivity contribution in [1.82, 2.24) is 4.90 Å². The summed E-state index contributed by atoms with van der Waals surface area (Å²) in [7, 11) is 3.39. The van der Waals surface area contributed by atoms with Crippen molar-refractivity contribution < 1.29 is 13.9 Å². The van der Waals surface area contributed by atoms with Gasteiger partial charge in [0.1, 0.15) is 5.82 Å². The van der Waals surface area contributed by atoms with Crippen LogP contribution < -0.4 is 5.32 Å². The smallest absolute Gasteiger partial charge is 0.340 e. The molecule has 1 unspecified atom stereocenters. The zero-order valence-corrected chi connectivity index (χ0v) is 12.9. The second kappa shape index (κ2) is 6.89. The van der Waals surface area contributed by atoms with Gasteiger partial charge in [0.15, 0.2) is 0 Å². The summed E-state index contributed by atoms with van der Waals surface area (Å²) in [6.45, 7) is 4.35. The average Bonchev–Trinajstić information content (AvgIpc) is 2.49. The van der Waals surface area contributed by atoms with Crippen LogP contribution in [0.15, 0.2) is 18.2 Å². The maximum atomic E-state index is 13.6. The van der Waals surface area contributed by atoms with Crippen molar-refractivity contribution in [1.29, 1.82) is 0 Å². The first-order valence-electron chi connectivity index (χ1n) is 7.34. The maximum Gasteiger partial charge on any atom is 0.340 e. The van der Waals surface area contributed by atoms with Crippen LogP contribution in [0, 0.1) is 11.7 Å². The average molecular weight is 294 g/mol. The van der Waals surface area contributed by atoms with E-state index in [0.29, 0.717) is 5.92 Å². The summed E-state index contributed by atoms with van der Waals surface area (Å²) >= 11 is 0. The van der Waals surface area contributed by atoms with Gasteiger partial charge >= 0.3 is 5.97 Å². The fourth-order valence-electron chi connectivity index (χ4n) is 2.79. The molecule has 0 spiro atoms. The van der Waals surface area contributed by atoms with Gasteiger partial charge in [-0.2, -0.15) is 0 Å². The molecule has 0 aromatic heterocycles.